The average molecular weight is 400 g/mol. The highest BCUT2D eigenvalue weighted by Crippen LogP contribution is 2.25. The lowest BCUT2D eigenvalue weighted by Gasteiger charge is -2.27. The molecule has 28 heavy (non-hydrogen) atoms. The van der Waals surface area contributed by atoms with Crippen LogP contribution >= 0.6 is 11.8 Å². The number of amides is 1. The molecule has 1 aliphatic heterocycles. The van der Waals surface area contributed by atoms with Crippen molar-refractivity contribution in [1.29, 1.82) is 0 Å². The van der Waals surface area contributed by atoms with E-state index in [1.54, 1.807) is 12.1 Å². The summed E-state index contributed by atoms with van der Waals surface area (Å²) >= 11 is 1.45. The molecule has 0 radical (unpaired) electrons. The van der Waals surface area contributed by atoms with E-state index in [-0.39, 0.29) is 11.3 Å². The van der Waals surface area contributed by atoms with Crippen molar-refractivity contribution in [3.8, 4) is 0 Å². The Morgan fingerprint density at radius 1 is 1.14 bits per heavy atom. The maximum Gasteiger partial charge on any atom is 0.282 e. The first-order valence-electron chi connectivity index (χ1n) is 9.48. The van der Waals surface area contributed by atoms with Gasteiger partial charge in [0.15, 0.2) is 0 Å². The Morgan fingerprint density at radius 2 is 1.86 bits per heavy atom. The Labute approximate surface area is 169 Å². The fourth-order valence-electron chi connectivity index (χ4n) is 3.50. The molecule has 0 unspecified atom stereocenters. The Bertz CT molecular complexity index is 851. The molecule has 0 aromatic heterocycles. The lowest BCUT2D eigenvalue weighted by Crippen LogP contribution is -2.30. The van der Waals surface area contributed by atoms with Crippen LogP contribution in [0.5, 0.6) is 0 Å². The Hall–Kier alpha value is -2.38. The highest BCUT2D eigenvalue weighted by molar-refractivity contribution is 7.98. The number of nitro benzene ring substituents is 1. The molecule has 2 aromatic carbocycles. The Balaban J connectivity index is 1.72. The SMILES string of the molecule is CSc1ccc([N+](=O)[O-])c(C(=O)NCc2ccccc2CN2CCCCC2)c1. The van der Waals surface area contributed by atoms with Crippen molar-refractivity contribution in [1.82, 2.24) is 10.2 Å². The molecule has 0 aliphatic carbocycles. The zero-order valence-electron chi connectivity index (χ0n) is 16.0. The van der Waals surface area contributed by atoms with Gasteiger partial charge in [-0.2, -0.15) is 0 Å². The van der Waals surface area contributed by atoms with Crippen molar-refractivity contribution in [3.05, 3.63) is 69.3 Å². The van der Waals surface area contributed by atoms with Gasteiger partial charge in [0.2, 0.25) is 0 Å². The number of piperidine rings is 1. The number of carbonyl (C=O) groups is 1. The molecule has 148 valence electrons. The minimum Gasteiger partial charge on any atom is -0.348 e. The third-order valence-corrected chi connectivity index (χ3v) is 5.77. The molecule has 1 fully saturated rings. The Morgan fingerprint density at radius 3 is 2.54 bits per heavy atom. The standard InChI is InChI=1S/C21H25N3O3S/c1-28-18-9-10-20(24(26)27)19(13-18)21(25)22-14-16-7-3-4-8-17(16)15-23-11-5-2-6-12-23/h3-4,7-10,13H,2,5-6,11-12,14-15H2,1H3,(H,22,25). The number of thioether (sulfide) groups is 1. The van der Waals surface area contributed by atoms with Gasteiger partial charge >= 0.3 is 0 Å². The molecule has 6 nitrogen and oxygen atoms in total. The largest absolute Gasteiger partial charge is 0.348 e. The van der Waals surface area contributed by atoms with Gasteiger partial charge in [0, 0.05) is 24.1 Å². The number of nitro groups is 1. The summed E-state index contributed by atoms with van der Waals surface area (Å²) in [6.07, 6.45) is 5.63. The van der Waals surface area contributed by atoms with E-state index in [2.05, 4.69) is 16.3 Å². The van der Waals surface area contributed by atoms with E-state index in [1.807, 2.05) is 24.5 Å². The minimum atomic E-state index is -0.511. The van der Waals surface area contributed by atoms with Crippen LogP contribution in [0.25, 0.3) is 0 Å². The van der Waals surface area contributed by atoms with Crippen LogP contribution in [0.3, 0.4) is 0 Å². The summed E-state index contributed by atoms with van der Waals surface area (Å²) in [4.78, 5) is 26.7. The summed E-state index contributed by atoms with van der Waals surface area (Å²) in [5.41, 5.74) is 2.17. The Kier molecular flexibility index (Phi) is 7.06. The first kappa shape index (κ1) is 20.4. The van der Waals surface area contributed by atoms with Crippen LogP contribution in [-0.4, -0.2) is 35.1 Å². The van der Waals surface area contributed by atoms with E-state index >= 15 is 0 Å². The molecule has 0 spiro atoms. The number of rotatable bonds is 7. The predicted octanol–water partition coefficient (Wildman–Crippen LogP) is 4.23. The molecule has 1 aliphatic rings. The normalized spacial score (nSPS) is 14.6. The summed E-state index contributed by atoms with van der Waals surface area (Å²) in [5.74, 6) is -0.421. The van der Waals surface area contributed by atoms with Crippen LogP contribution in [0.4, 0.5) is 5.69 Å². The van der Waals surface area contributed by atoms with Crippen LogP contribution in [0.15, 0.2) is 47.4 Å². The third kappa shape index (κ3) is 5.11. The van der Waals surface area contributed by atoms with E-state index in [1.165, 1.54) is 42.7 Å². The van der Waals surface area contributed by atoms with Crippen molar-refractivity contribution < 1.29 is 9.72 Å². The molecule has 0 atom stereocenters. The molecule has 7 heteroatoms. The quantitative estimate of drug-likeness (QED) is 0.428. The molecule has 1 N–H and O–H groups in total. The van der Waals surface area contributed by atoms with Crippen LogP contribution in [-0.2, 0) is 13.1 Å². The molecule has 3 rings (SSSR count). The van der Waals surface area contributed by atoms with Crippen LogP contribution < -0.4 is 5.32 Å². The van der Waals surface area contributed by atoms with Crippen LogP contribution in [0.1, 0.15) is 40.7 Å². The number of likely N-dealkylation sites (tertiary alicyclic amines) is 1. The van der Waals surface area contributed by atoms with Gasteiger partial charge in [-0.3, -0.25) is 19.8 Å². The topological polar surface area (TPSA) is 75.5 Å². The highest BCUT2D eigenvalue weighted by atomic mass is 32.2. The van der Waals surface area contributed by atoms with Gasteiger partial charge in [-0.05, 0) is 55.4 Å². The smallest absolute Gasteiger partial charge is 0.282 e. The van der Waals surface area contributed by atoms with Crippen LogP contribution in [0, 0.1) is 10.1 Å². The van der Waals surface area contributed by atoms with Crippen LogP contribution in [0.2, 0.25) is 0 Å². The maximum absolute atomic E-state index is 12.7. The summed E-state index contributed by atoms with van der Waals surface area (Å²) in [6.45, 7) is 3.43. The van der Waals surface area contributed by atoms with Gasteiger partial charge in [-0.25, -0.2) is 0 Å². The second kappa shape index (κ2) is 9.71. The lowest BCUT2D eigenvalue weighted by molar-refractivity contribution is -0.385. The van der Waals surface area contributed by atoms with Crippen molar-refractivity contribution in [2.24, 2.45) is 0 Å². The summed E-state index contributed by atoms with van der Waals surface area (Å²) in [7, 11) is 0. The molecule has 1 saturated heterocycles. The number of benzene rings is 2. The number of nitrogens with one attached hydrogen (secondary N) is 1. The van der Waals surface area contributed by atoms with Crippen molar-refractivity contribution in [3.63, 3.8) is 0 Å². The van der Waals surface area contributed by atoms with Gasteiger partial charge < -0.3 is 5.32 Å². The van der Waals surface area contributed by atoms with Gasteiger partial charge in [0.25, 0.3) is 11.6 Å². The van der Waals surface area contributed by atoms with Crippen molar-refractivity contribution in [2.75, 3.05) is 19.3 Å². The molecule has 1 amide bonds. The molecule has 2 aromatic rings. The monoisotopic (exact) mass is 399 g/mol. The lowest BCUT2D eigenvalue weighted by atomic mass is 10.0. The third-order valence-electron chi connectivity index (χ3n) is 5.05. The van der Waals surface area contributed by atoms with E-state index < -0.39 is 10.8 Å². The van der Waals surface area contributed by atoms with E-state index in [4.69, 9.17) is 0 Å². The molecule has 1 heterocycles. The van der Waals surface area contributed by atoms with Gasteiger partial charge in [-0.15, -0.1) is 11.8 Å². The van der Waals surface area contributed by atoms with E-state index in [0.717, 1.165) is 30.1 Å². The summed E-state index contributed by atoms with van der Waals surface area (Å²) in [6, 6.07) is 12.7. The van der Waals surface area contributed by atoms with Gasteiger partial charge in [0.05, 0.1) is 4.92 Å². The maximum atomic E-state index is 12.7. The van der Waals surface area contributed by atoms with Crippen molar-refractivity contribution in [2.45, 2.75) is 37.2 Å². The minimum absolute atomic E-state index is 0.102. The summed E-state index contributed by atoms with van der Waals surface area (Å²) in [5, 5.41) is 14.2. The first-order chi connectivity index (χ1) is 13.6. The van der Waals surface area contributed by atoms with E-state index in [0.29, 0.717) is 6.54 Å². The molecular formula is C21H25N3O3S. The van der Waals surface area contributed by atoms with Gasteiger partial charge in [0.1, 0.15) is 5.56 Å². The fourth-order valence-corrected chi connectivity index (χ4v) is 3.94. The zero-order valence-corrected chi connectivity index (χ0v) is 16.8. The predicted molar refractivity (Wildman–Crippen MR) is 112 cm³/mol. The average Bonchev–Trinajstić information content (AvgIpc) is 2.73. The number of hydrogen-bond donors (Lipinski definition) is 1. The van der Waals surface area contributed by atoms with E-state index in [9.17, 15) is 14.9 Å². The fraction of sp³-hybridized carbons (Fsp3) is 0.381. The second-order valence-electron chi connectivity index (χ2n) is 6.93. The number of hydrogen-bond acceptors (Lipinski definition) is 5. The van der Waals surface area contributed by atoms with Crippen molar-refractivity contribution >= 4 is 23.4 Å². The second-order valence-corrected chi connectivity index (χ2v) is 7.81. The zero-order chi connectivity index (χ0) is 19.9. The molecule has 0 saturated carbocycles. The first-order valence-corrected chi connectivity index (χ1v) is 10.7. The van der Waals surface area contributed by atoms with Gasteiger partial charge in [-0.1, -0.05) is 30.7 Å². The summed E-state index contributed by atoms with van der Waals surface area (Å²) < 4.78 is 0. The molecule has 0 bridgehead atoms. The number of nitrogens with zero attached hydrogens (tertiary/aromatic N) is 2. The number of carbonyl (C=O) groups excluding carboxylic acids is 1. The molecular weight excluding hydrogens is 374 g/mol. The highest BCUT2D eigenvalue weighted by Gasteiger charge is 2.21.